The van der Waals surface area contributed by atoms with Crippen LogP contribution in [0, 0.1) is 0 Å². The summed E-state index contributed by atoms with van der Waals surface area (Å²) in [7, 11) is 0. The SMILES string of the molecule is c1ccc(-c2cc3cc(-c4ccc(N(c5ccc(-c6ccc7sc8ccccc8c7c6)cc5)c5ccc(C6(c7ccccc7)c7ccccc7-c7ccccc76)cc5)cc4)ccc3o2)cc1. The van der Waals surface area contributed by atoms with Crippen LogP contribution in [-0.4, -0.2) is 0 Å². The lowest BCUT2D eigenvalue weighted by atomic mass is 9.68. The molecule has 0 unspecified atom stereocenters. The first kappa shape index (κ1) is 38.2. The molecule has 2 aromatic heterocycles. The highest BCUT2D eigenvalue weighted by atomic mass is 32.1. The molecule has 2 heterocycles. The Balaban J connectivity index is 0.910. The molecule has 3 heteroatoms. The van der Waals surface area contributed by atoms with E-state index >= 15 is 0 Å². The second-order valence-electron chi connectivity index (χ2n) is 17.2. The molecule has 0 amide bonds. The van der Waals surface area contributed by atoms with Crippen LogP contribution >= 0.6 is 11.3 Å². The average molecular weight is 860 g/mol. The molecule has 1 aliphatic carbocycles. The summed E-state index contributed by atoms with van der Waals surface area (Å²) in [5.74, 6) is 0.877. The van der Waals surface area contributed by atoms with Crippen molar-refractivity contribution in [3.05, 3.63) is 271 Å². The van der Waals surface area contributed by atoms with E-state index in [0.29, 0.717) is 0 Å². The maximum Gasteiger partial charge on any atom is 0.135 e. The van der Waals surface area contributed by atoms with Gasteiger partial charge in [-0.3, -0.25) is 0 Å². The predicted molar refractivity (Wildman–Crippen MR) is 277 cm³/mol. The molecule has 13 rings (SSSR count). The second-order valence-corrected chi connectivity index (χ2v) is 18.3. The van der Waals surface area contributed by atoms with E-state index < -0.39 is 5.41 Å². The number of fused-ring (bicyclic) bond motifs is 7. The van der Waals surface area contributed by atoms with Gasteiger partial charge in [0, 0.05) is 48.2 Å². The summed E-state index contributed by atoms with van der Waals surface area (Å²) in [6, 6.07) is 90.7. The summed E-state index contributed by atoms with van der Waals surface area (Å²) < 4.78 is 8.90. The molecular weight excluding hydrogens is 819 g/mol. The van der Waals surface area contributed by atoms with Gasteiger partial charge in [0.25, 0.3) is 0 Å². The fraction of sp³-hybridized carbons (Fsp3) is 0.0159. The van der Waals surface area contributed by atoms with Crippen molar-refractivity contribution < 1.29 is 4.42 Å². The Bertz CT molecular complexity index is 3690. The van der Waals surface area contributed by atoms with E-state index in [-0.39, 0.29) is 0 Å². The largest absolute Gasteiger partial charge is 0.456 e. The van der Waals surface area contributed by atoms with E-state index in [1.807, 2.05) is 29.5 Å². The van der Waals surface area contributed by atoms with Crippen molar-refractivity contribution >= 4 is 59.5 Å². The third kappa shape index (κ3) is 6.16. The van der Waals surface area contributed by atoms with E-state index in [9.17, 15) is 0 Å². The van der Waals surface area contributed by atoms with Gasteiger partial charge in [-0.15, -0.1) is 11.3 Å². The van der Waals surface area contributed by atoms with E-state index in [2.05, 4.69) is 235 Å². The standard InChI is InChI=1S/C63H41NOS/c1-3-13-44(14-4-1)60-41-47-39-45(27-37-59(47)65-60)42-23-31-50(32-24-42)64(51-33-25-43(26-34-51)46-28-38-62-56(40-46)55-19-9-12-22-61(55)66-62)52-35-29-49(30-36-52)63(48-15-5-2-6-16-48)57-20-10-7-17-53(57)54-18-8-11-21-58(54)63/h1-41H. The van der Waals surface area contributed by atoms with Crippen molar-refractivity contribution in [2.45, 2.75) is 5.41 Å². The number of hydrogen-bond donors (Lipinski definition) is 0. The van der Waals surface area contributed by atoms with Crippen LogP contribution in [0.2, 0.25) is 0 Å². The van der Waals surface area contributed by atoms with Gasteiger partial charge in [-0.05, 0) is 128 Å². The molecule has 10 aromatic carbocycles. The number of rotatable bonds is 8. The summed E-state index contributed by atoms with van der Waals surface area (Å²) in [4.78, 5) is 2.38. The summed E-state index contributed by atoms with van der Waals surface area (Å²) in [5, 5.41) is 3.71. The maximum atomic E-state index is 6.26. The summed E-state index contributed by atoms with van der Waals surface area (Å²) in [5.41, 5.74) is 17.1. The monoisotopic (exact) mass is 859 g/mol. The molecule has 310 valence electrons. The number of benzene rings is 10. The number of anilines is 3. The third-order valence-corrected chi connectivity index (χ3v) is 14.7. The molecule has 66 heavy (non-hydrogen) atoms. The van der Waals surface area contributed by atoms with Crippen molar-refractivity contribution in [1.82, 2.24) is 0 Å². The second kappa shape index (κ2) is 15.5. The lowest BCUT2D eigenvalue weighted by Crippen LogP contribution is -2.28. The fourth-order valence-electron chi connectivity index (χ4n) is 10.5. The van der Waals surface area contributed by atoms with Crippen LogP contribution in [0.3, 0.4) is 0 Å². The molecule has 2 nitrogen and oxygen atoms in total. The fourth-order valence-corrected chi connectivity index (χ4v) is 11.6. The minimum atomic E-state index is -0.464. The van der Waals surface area contributed by atoms with Crippen LogP contribution in [0.15, 0.2) is 253 Å². The quantitative estimate of drug-likeness (QED) is 0.151. The van der Waals surface area contributed by atoms with Crippen LogP contribution in [0.5, 0.6) is 0 Å². The third-order valence-electron chi connectivity index (χ3n) is 13.6. The topological polar surface area (TPSA) is 16.4 Å². The van der Waals surface area contributed by atoms with Gasteiger partial charge in [-0.1, -0.05) is 176 Å². The maximum absolute atomic E-state index is 6.26. The van der Waals surface area contributed by atoms with Crippen LogP contribution in [0.1, 0.15) is 22.3 Å². The van der Waals surface area contributed by atoms with Gasteiger partial charge in [-0.25, -0.2) is 0 Å². The zero-order valence-corrected chi connectivity index (χ0v) is 36.8. The van der Waals surface area contributed by atoms with Crippen LogP contribution in [0.4, 0.5) is 17.1 Å². The zero-order valence-electron chi connectivity index (χ0n) is 35.9. The molecule has 0 N–H and O–H groups in total. The lowest BCUT2D eigenvalue weighted by Gasteiger charge is -2.34. The average Bonchev–Trinajstić information content (AvgIpc) is 4.08. The Labute approximate surface area is 387 Å². The van der Waals surface area contributed by atoms with E-state index in [4.69, 9.17) is 4.42 Å². The molecule has 0 atom stereocenters. The number of furan rings is 1. The Morgan fingerprint density at radius 2 is 0.848 bits per heavy atom. The van der Waals surface area contributed by atoms with E-state index in [1.165, 1.54) is 64.7 Å². The van der Waals surface area contributed by atoms with Crippen LogP contribution in [-0.2, 0) is 5.41 Å². The normalized spacial score (nSPS) is 12.7. The van der Waals surface area contributed by atoms with Crippen molar-refractivity contribution in [3.63, 3.8) is 0 Å². The molecule has 0 fully saturated rings. The highest BCUT2D eigenvalue weighted by Crippen LogP contribution is 2.56. The Kier molecular flexibility index (Phi) is 8.97. The summed E-state index contributed by atoms with van der Waals surface area (Å²) >= 11 is 1.86. The van der Waals surface area contributed by atoms with Crippen molar-refractivity contribution in [1.29, 1.82) is 0 Å². The van der Waals surface area contributed by atoms with Crippen LogP contribution < -0.4 is 4.90 Å². The zero-order chi connectivity index (χ0) is 43.6. The molecule has 12 aromatic rings. The Hall–Kier alpha value is -8.24. The summed E-state index contributed by atoms with van der Waals surface area (Å²) in [6.07, 6.45) is 0. The van der Waals surface area contributed by atoms with Gasteiger partial charge in [0.2, 0.25) is 0 Å². The van der Waals surface area contributed by atoms with Crippen molar-refractivity contribution in [3.8, 4) is 44.7 Å². The Morgan fingerprint density at radius 3 is 1.52 bits per heavy atom. The Morgan fingerprint density at radius 1 is 0.348 bits per heavy atom. The molecule has 0 saturated heterocycles. The highest BCUT2D eigenvalue weighted by molar-refractivity contribution is 7.25. The van der Waals surface area contributed by atoms with Crippen molar-refractivity contribution in [2.75, 3.05) is 4.90 Å². The molecule has 0 spiro atoms. The highest BCUT2D eigenvalue weighted by Gasteiger charge is 2.45. The molecule has 0 bridgehead atoms. The smallest absolute Gasteiger partial charge is 0.135 e. The van der Waals surface area contributed by atoms with Gasteiger partial charge in [-0.2, -0.15) is 0 Å². The number of thiophene rings is 1. The van der Waals surface area contributed by atoms with Gasteiger partial charge < -0.3 is 9.32 Å². The van der Waals surface area contributed by atoms with Gasteiger partial charge in [0.05, 0.1) is 5.41 Å². The first-order valence-electron chi connectivity index (χ1n) is 22.6. The molecule has 0 radical (unpaired) electrons. The van der Waals surface area contributed by atoms with E-state index in [1.54, 1.807) is 0 Å². The molecule has 1 aliphatic rings. The van der Waals surface area contributed by atoms with Gasteiger partial charge in [0.15, 0.2) is 0 Å². The minimum absolute atomic E-state index is 0.464. The number of hydrogen-bond acceptors (Lipinski definition) is 3. The van der Waals surface area contributed by atoms with Gasteiger partial charge in [0.1, 0.15) is 11.3 Å². The minimum Gasteiger partial charge on any atom is -0.456 e. The number of nitrogens with zero attached hydrogens (tertiary/aromatic N) is 1. The van der Waals surface area contributed by atoms with Crippen LogP contribution in [0.25, 0.3) is 75.8 Å². The van der Waals surface area contributed by atoms with Crippen molar-refractivity contribution in [2.24, 2.45) is 0 Å². The van der Waals surface area contributed by atoms with Gasteiger partial charge >= 0.3 is 0 Å². The molecule has 0 aliphatic heterocycles. The van der Waals surface area contributed by atoms with E-state index in [0.717, 1.165) is 50.5 Å². The first-order valence-corrected chi connectivity index (χ1v) is 23.4. The molecule has 0 saturated carbocycles. The first-order chi connectivity index (χ1) is 32.7. The predicted octanol–water partition coefficient (Wildman–Crippen LogP) is 17.6. The molecular formula is C63H41NOS. The lowest BCUT2D eigenvalue weighted by molar-refractivity contribution is 0.631. The summed E-state index contributed by atoms with van der Waals surface area (Å²) in [6.45, 7) is 0.